The van der Waals surface area contributed by atoms with Crippen molar-refractivity contribution in [1.82, 2.24) is 0 Å². The molecule has 0 aliphatic rings. The number of fused-ring (bicyclic) bond motifs is 1. The Bertz CT molecular complexity index is 572. The molecule has 0 aliphatic heterocycles. The number of hydrogen-bond donors (Lipinski definition) is 1. The molecule has 3 nitrogen and oxygen atoms in total. The maximum absolute atomic E-state index is 8.63. The van der Waals surface area contributed by atoms with E-state index in [2.05, 4.69) is 6.07 Å². The molecule has 0 bridgehead atoms. The van der Waals surface area contributed by atoms with Crippen molar-refractivity contribution in [1.29, 1.82) is 5.26 Å². The van der Waals surface area contributed by atoms with E-state index in [4.69, 9.17) is 15.7 Å². The van der Waals surface area contributed by atoms with E-state index in [9.17, 15) is 0 Å². The van der Waals surface area contributed by atoms with Crippen LogP contribution >= 0.6 is 0 Å². The number of nitrogens with zero attached hydrogens (tertiary/aromatic N) is 1. The van der Waals surface area contributed by atoms with Crippen LogP contribution in [0.25, 0.3) is 10.8 Å². The van der Waals surface area contributed by atoms with Crippen LogP contribution < -0.4 is 10.5 Å². The Kier molecular flexibility index (Phi) is 3.27. The summed E-state index contributed by atoms with van der Waals surface area (Å²) < 4.78 is 5.17. The molecule has 86 valence electrons. The molecule has 0 aliphatic carbocycles. The first-order valence-electron chi connectivity index (χ1n) is 5.45. The lowest BCUT2D eigenvalue weighted by Gasteiger charge is -2.09. The van der Waals surface area contributed by atoms with Gasteiger partial charge in [0.05, 0.1) is 19.6 Å². The highest BCUT2D eigenvalue weighted by Crippen LogP contribution is 2.24. The number of nitrogens with two attached hydrogens (primary N) is 1. The highest BCUT2D eigenvalue weighted by atomic mass is 16.5. The van der Waals surface area contributed by atoms with E-state index in [1.54, 1.807) is 7.11 Å². The lowest BCUT2D eigenvalue weighted by molar-refractivity contribution is 0.415. The summed E-state index contributed by atoms with van der Waals surface area (Å²) >= 11 is 0. The maximum Gasteiger partial charge on any atom is 0.119 e. The van der Waals surface area contributed by atoms with Crippen molar-refractivity contribution in [2.75, 3.05) is 7.11 Å². The number of hydrogen-bond acceptors (Lipinski definition) is 3. The average molecular weight is 226 g/mol. The van der Waals surface area contributed by atoms with E-state index < -0.39 is 0 Å². The SMILES string of the molecule is COc1ccc2cc([C@@H](N)CC#N)ccc2c1. The monoisotopic (exact) mass is 226 g/mol. The van der Waals surface area contributed by atoms with Gasteiger partial charge in [0, 0.05) is 6.04 Å². The summed E-state index contributed by atoms with van der Waals surface area (Å²) in [6.07, 6.45) is 0.335. The zero-order chi connectivity index (χ0) is 12.3. The molecule has 17 heavy (non-hydrogen) atoms. The van der Waals surface area contributed by atoms with Crippen LogP contribution in [0.5, 0.6) is 5.75 Å². The summed E-state index contributed by atoms with van der Waals surface area (Å²) in [6.45, 7) is 0. The van der Waals surface area contributed by atoms with Gasteiger partial charge in [-0.3, -0.25) is 0 Å². The summed E-state index contributed by atoms with van der Waals surface area (Å²) in [6, 6.07) is 13.8. The van der Waals surface area contributed by atoms with Crippen LogP contribution in [-0.4, -0.2) is 7.11 Å². The second-order valence-corrected chi connectivity index (χ2v) is 3.94. The zero-order valence-electron chi connectivity index (χ0n) is 9.68. The number of methoxy groups -OCH3 is 1. The molecule has 2 aromatic rings. The van der Waals surface area contributed by atoms with Crippen LogP contribution in [0, 0.1) is 11.3 Å². The third-order valence-electron chi connectivity index (χ3n) is 2.81. The molecule has 0 fully saturated rings. The van der Waals surface area contributed by atoms with E-state index in [-0.39, 0.29) is 6.04 Å². The number of nitriles is 1. The fourth-order valence-corrected chi connectivity index (χ4v) is 1.82. The predicted octanol–water partition coefficient (Wildman–Crippen LogP) is 2.76. The standard InChI is InChI=1S/C14H14N2O/c1-17-13-5-4-10-8-12(14(16)6-7-15)3-2-11(10)9-13/h2-5,8-9,14H,6,16H2,1H3/t14-/m0/s1. The minimum absolute atomic E-state index is 0.216. The molecule has 0 saturated carbocycles. The minimum atomic E-state index is -0.216. The molecule has 2 N–H and O–H groups in total. The van der Waals surface area contributed by atoms with Gasteiger partial charge >= 0.3 is 0 Å². The van der Waals surface area contributed by atoms with Crippen molar-refractivity contribution >= 4 is 10.8 Å². The van der Waals surface area contributed by atoms with E-state index in [1.165, 1.54) is 0 Å². The molecule has 0 unspecified atom stereocenters. The Balaban J connectivity index is 2.42. The predicted molar refractivity (Wildman–Crippen MR) is 67.7 cm³/mol. The van der Waals surface area contributed by atoms with E-state index in [1.807, 2.05) is 36.4 Å². The fraction of sp³-hybridized carbons (Fsp3) is 0.214. The average Bonchev–Trinajstić information content (AvgIpc) is 2.37. The second kappa shape index (κ2) is 4.86. The molecule has 0 saturated heterocycles. The van der Waals surface area contributed by atoms with Crippen molar-refractivity contribution in [3.05, 3.63) is 42.0 Å². The Morgan fingerprint density at radius 1 is 1.24 bits per heavy atom. The molecule has 1 atom stereocenters. The third kappa shape index (κ3) is 2.38. The van der Waals surface area contributed by atoms with Crippen molar-refractivity contribution in [3.8, 4) is 11.8 Å². The highest BCUT2D eigenvalue weighted by Gasteiger charge is 2.06. The summed E-state index contributed by atoms with van der Waals surface area (Å²) in [5, 5.41) is 10.8. The Morgan fingerprint density at radius 3 is 2.65 bits per heavy atom. The number of ether oxygens (including phenoxy) is 1. The van der Waals surface area contributed by atoms with Crippen molar-refractivity contribution < 1.29 is 4.74 Å². The first-order valence-corrected chi connectivity index (χ1v) is 5.45. The smallest absolute Gasteiger partial charge is 0.119 e. The lowest BCUT2D eigenvalue weighted by atomic mass is 10.0. The molecule has 0 heterocycles. The van der Waals surface area contributed by atoms with Crippen molar-refractivity contribution in [2.24, 2.45) is 5.73 Å². The van der Waals surface area contributed by atoms with Crippen molar-refractivity contribution in [3.63, 3.8) is 0 Å². The van der Waals surface area contributed by atoms with Gasteiger partial charge in [-0.05, 0) is 34.5 Å². The normalized spacial score (nSPS) is 12.1. The van der Waals surface area contributed by atoms with Crippen LogP contribution in [0.1, 0.15) is 18.0 Å². The lowest BCUT2D eigenvalue weighted by Crippen LogP contribution is -2.08. The number of benzene rings is 2. The first-order chi connectivity index (χ1) is 8.24. The molecule has 0 amide bonds. The molecule has 2 rings (SSSR count). The molecule has 2 aromatic carbocycles. The van der Waals surface area contributed by atoms with E-state index in [0.717, 1.165) is 22.1 Å². The van der Waals surface area contributed by atoms with Gasteiger partial charge in [-0.2, -0.15) is 5.26 Å². The highest BCUT2D eigenvalue weighted by molar-refractivity contribution is 5.84. The summed E-state index contributed by atoms with van der Waals surface area (Å²) in [4.78, 5) is 0. The molecular formula is C14H14N2O. The van der Waals surface area contributed by atoms with E-state index in [0.29, 0.717) is 6.42 Å². The molecule has 3 heteroatoms. The van der Waals surface area contributed by atoms with Gasteiger partial charge in [-0.1, -0.05) is 18.2 Å². The quantitative estimate of drug-likeness (QED) is 0.875. The fourth-order valence-electron chi connectivity index (χ4n) is 1.82. The summed E-state index contributed by atoms with van der Waals surface area (Å²) in [5.41, 5.74) is 6.90. The van der Waals surface area contributed by atoms with Crippen LogP contribution in [0.15, 0.2) is 36.4 Å². The summed E-state index contributed by atoms with van der Waals surface area (Å²) in [5.74, 6) is 0.839. The van der Waals surface area contributed by atoms with Gasteiger partial charge in [0.25, 0.3) is 0 Å². The Hall–Kier alpha value is -2.05. The Labute approximate surface area is 100 Å². The topological polar surface area (TPSA) is 59.0 Å². The Morgan fingerprint density at radius 2 is 1.94 bits per heavy atom. The molecule has 0 aromatic heterocycles. The van der Waals surface area contributed by atoms with Gasteiger partial charge in [-0.15, -0.1) is 0 Å². The molecular weight excluding hydrogens is 212 g/mol. The van der Waals surface area contributed by atoms with Crippen LogP contribution in [0.2, 0.25) is 0 Å². The number of rotatable bonds is 3. The van der Waals surface area contributed by atoms with Gasteiger partial charge in [0.1, 0.15) is 5.75 Å². The third-order valence-corrected chi connectivity index (χ3v) is 2.81. The molecule has 0 spiro atoms. The van der Waals surface area contributed by atoms with Crippen LogP contribution in [0.4, 0.5) is 0 Å². The minimum Gasteiger partial charge on any atom is -0.497 e. The van der Waals surface area contributed by atoms with E-state index >= 15 is 0 Å². The first kappa shape index (κ1) is 11.4. The largest absolute Gasteiger partial charge is 0.497 e. The van der Waals surface area contributed by atoms with Crippen molar-refractivity contribution in [2.45, 2.75) is 12.5 Å². The van der Waals surface area contributed by atoms with Gasteiger partial charge in [0.2, 0.25) is 0 Å². The maximum atomic E-state index is 8.63. The summed E-state index contributed by atoms with van der Waals surface area (Å²) in [7, 11) is 1.65. The van der Waals surface area contributed by atoms with Gasteiger partial charge in [-0.25, -0.2) is 0 Å². The zero-order valence-corrected chi connectivity index (χ0v) is 9.68. The van der Waals surface area contributed by atoms with Crippen LogP contribution in [-0.2, 0) is 0 Å². The second-order valence-electron chi connectivity index (χ2n) is 3.94. The van der Waals surface area contributed by atoms with Gasteiger partial charge in [0.15, 0.2) is 0 Å². The van der Waals surface area contributed by atoms with Crippen LogP contribution in [0.3, 0.4) is 0 Å². The van der Waals surface area contributed by atoms with Gasteiger partial charge < -0.3 is 10.5 Å². The molecule has 0 radical (unpaired) electrons.